The van der Waals surface area contributed by atoms with Crippen molar-refractivity contribution in [3.05, 3.63) is 48.0 Å². The van der Waals surface area contributed by atoms with Crippen LogP contribution in [-0.4, -0.2) is 0 Å². The fourth-order valence-electron chi connectivity index (χ4n) is 6.97. The average molecular weight is 390 g/mol. The molecule has 0 N–H and O–H groups in total. The highest BCUT2D eigenvalue weighted by Gasteiger charge is 2.34. The van der Waals surface area contributed by atoms with Crippen LogP contribution in [0, 0.1) is 40.9 Å². The van der Waals surface area contributed by atoms with Gasteiger partial charge >= 0.3 is 0 Å². The molecule has 0 radical (unpaired) electrons. The second-order valence-electron chi connectivity index (χ2n) is 10.3. The molecule has 0 bridgehead atoms. The molecule has 0 aromatic heterocycles. The molecule has 0 saturated heterocycles. The maximum atomic E-state index is 9.00. The Balaban J connectivity index is 1.20. The van der Waals surface area contributed by atoms with Crippen LogP contribution in [0.5, 0.6) is 0 Å². The first-order valence-electron chi connectivity index (χ1n) is 12.4. The fraction of sp³-hybridized carbons (Fsp3) is 0.679. The number of hydrogen-bond donors (Lipinski definition) is 0. The SMILES string of the molecule is C=CCC1CCC(C2CCC(C3CCC(c4ccc(C#N)cc4)CC3)CC2)CC1. The molecule has 1 heteroatoms. The number of nitriles is 1. The van der Waals surface area contributed by atoms with Crippen molar-refractivity contribution in [1.82, 2.24) is 0 Å². The number of rotatable bonds is 5. The number of allylic oxidation sites excluding steroid dienone is 1. The van der Waals surface area contributed by atoms with E-state index < -0.39 is 0 Å². The first-order chi connectivity index (χ1) is 14.3. The summed E-state index contributed by atoms with van der Waals surface area (Å²) in [4.78, 5) is 0. The molecule has 0 unspecified atom stereocenters. The second-order valence-corrected chi connectivity index (χ2v) is 10.3. The highest BCUT2D eigenvalue weighted by molar-refractivity contribution is 5.33. The Bertz CT molecular complexity index is 672. The first kappa shape index (κ1) is 20.7. The van der Waals surface area contributed by atoms with Crippen molar-refractivity contribution in [2.75, 3.05) is 0 Å². The van der Waals surface area contributed by atoms with Crippen molar-refractivity contribution in [2.24, 2.45) is 29.6 Å². The summed E-state index contributed by atoms with van der Waals surface area (Å²) >= 11 is 0. The highest BCUT2D eigenvalue weighted by Crippen LogP contribution is 2.47. The van der Waals surface area contributed by atoms with Gasteiger partial charge < -0.3 is 0 Å². The molecule has 3 aliphatic rings. The van der Waals surface area contributed by atoms with Gasteiger partial charge in [-0.3, -0.25) is 0 Å². The standard InChI is InChI=1S/C28H39N/c1-2-3-21-4-8-23(9-5-21)25-12-16-27(17-13-25)28-18-14-26(15-19-28)24-10-6-22(20-29)7-11-24/h2,6-7,10-11,21,23,25-28H,1,3-5,8-9,12-19H2. The third kappa shape index (κ3) is 5.14. The largest absolute Gasteiger partial charge is 0.192 e. The van der Waals surface area contributed by atoms with Gasteiger partial charge in [0, 0.05) is 0 Å². The normalized spacial score (nSPS) is 35.6. The van der Waals surface area contributed by atoms with Gasteiger partial charge in [-0.05, 0) is 137 Å². The van der Waals surface area contributed by atoms with Crippen molar-refractivity contribution < 1.29 is 0 Å². The molecule has 0 heterocycles. The predicted octanol–water partition coefficient (Wildman–Crippen LogP) is 8.02. The molecule has 1 aromatic rings. The fourth-order valence-corrected chi connectivity index (χ4v) is 6.97. The lowest BCUT2D eigenvalue weighted by Gasteiger charge is -2.41. The molecule has 0 atom stereocenters. The summed E-state index contributed by atoms with van der Waals surface area (Å²) in [6, 6.07) is 10.6. The van der Waals surface area contributed by atoms with Crippen molar-refractivity contribution in [1.29, 1.82) is 5.26 Å². The van der Waals surface area contributed by atoms with E-state index in [9.17, 15) is 0 Å². The lowest BCUT2D eigenvalue weighted by molar-refractivity contribution is 0.110. The van der Waals surface area contributed by atoms with Crippen LogP contribution in [-0.2, 0) is 0 Å². The van der Waals surface area contributed by atoms with Crippen molar-refractivity contribution in [2.45, 2.75) is 89.4 Å². The average Bonchev–Trinajstić information content (AvgIpc) is 2.80. The minimum absolute atomic E-state index is 0.723. The Hall–Kier alpha value is -1.55. The minimum Gasteiger partial charge on any atom is -0.192 e. The topological polar surface area (TPSA) is 23.8 Å². The van der Waals surface area contributed by atoms with Crippen LogP contribution in [0.2, 0.25) is 0 Å². The zero-order chi connectivity index (χ0) is 20.1. The maximum absolute atomic E-state index is 9.00. The molecular formula is C28H39N. The second kappa shape index (κ2) is 9.97. The van der Waals surface area contributed by atoms with Gasteiger partial charge in [-0.2, -0.15) is 5.26 Å². The highest BCUT2D eigenvalue weighted by atomic mass is 14.4. The predicted molar refractivity (Wildman–Crippen MR) is 122 cm³/mol. The third-order valence-electron chi connectivity index (χ3n) is 8.82. The van der Waals surface area contributed by atoms with Crippen molar-refractivity contribution in [3.63, 3.8) is 0 Å². The minimum atomic E-state index is 0.723. The summed E-state index contributed by atoms with van der Waals surface area (Å²) in [7, 11) is 0. The van der Waals surface area contributed by atoms with E-state index in [1.807, 2.05) is 12.1 Å². The number of benzene rings is 1. The molecule has 1 nitrogen and oxygen atoms in total. The van der Waals surface area contributed by atoms with Gasteiger partial charge in [0.2, 0.25) is 0 Å². The van der Waals surface area contributed by atoms with Crippen molar-refractivity contribution >= 4 is 0 Å². The summed E-state index contributed by atoms with van der Waals surface area (Å²) in [5, 5.41) is 9.00. The first-order valence-corrected chi connectivity index (χ1v) is 12.4. The van der Waals surface area contributed by atoms with E-state index >= 15 is 0 Å². The Labute approximate surface area is 178 Å². The van der Waals surface area contributed by atoms with E-state index in [2.05, 4.69) is 30.9 Å². The Morgan fingerprint density at radius 2 is 1.17 bits per heavy atom. The Morgan fingerprint density at radius 1 is 0.724 bits per heavy atom. The Morgan fingerprint density at radius 3 is 1.62 bits per heavy atom. The summed E-state index contributed by atoms with van der Waals surface area (Å²) in [5.41, 5.74) is 2.24. The Kier molecular flexibility index (Phi) is 7.12. The summed E-state index contributed by atoms with van der Waals surface area (Å²) in [6.07, 6.45) is 20.8. The molecular weight excluding hydrogens is 350 g/mol. The van der Waals surface area contributed by atoms with Gasteiger partial charge in [0.05, 0.1) is 11.6 Å². The summed E-state index contributed by atoms with van der Waals surface area (Å²) in [6.45, 7) is 3.93. The molecule has 3 saturated carbocycles. The van der Waals surface area contributed by atoms with Gasteiger partial charge in [-0.25, -0.2) is 0 Å². The monoisotopic (exact) mass is 389 g/mol. The van der Waals surface area contributed by atoms with Crippen LogP contribution in [0.3, 0.4) is 0 Å². The molecule has 3 aliphatic carbocycles. The maximum Gasteiger partial charge on any atom is 0.0991 e. The van der Waals surface area contributed by atoms with Crippen LogP contribution in [0.15, 0.2) is 36.9 Å². The lowest BCUT2D eigenvalue weighted by atomic mass is 9.64. The number of hydrogen-bond acceptors (Lipinski definition) is 1. The van der Waals surface area contributed by atoms with E-state index in [4.69, 9.17) is 5.26 Å². The van der Waals surface area contributed by atoms with E-state index in [0.29, 0.717) is 0 Å². The quantitative estimate of drug-likeness (QED) is 0.468. The summed E-state index contributed by atoms with van der Waals surface area (Å²) in [5.74, 6) is 5.71. The molecule has 29 heavy (non-hydrogen) atoms. The van der Waals surface area contributed by atoms with Gasteiger partial charge in [0.25, 0.3) is 0 Å². The summed E-state index contributed by atoms with van der Waals surface area (Å²) < 4.78 is 0. The van der Waals surface area contributed by atoms with Crippen molar-refractivity contribution in [3.8, 4) is 6.07 Å². The van der Waals surface area contributed by atoms with E-state index in [0.717, 1.165) is 41.1 Å². The van der Waals surface area contributed by atoms with Gasteiger partial charge in [0.1, 0.15) is 0 Å². The molecule has 1 aromatic carbocycles. The van der Waals surface area contributed by atoms with Crippen LogP contribution in [0.25, 0.3) is 0 Å². The number of nitrogens with zero attached hydrogens (tertiary/aromatic N) is 1. The molecule has 0 aliphatic heterocycles. The molecule has 0 spiro atoms. The van der Waals surface area contributed by atoms with Crippen LogP contribution in [0.4, 0.5) is 0 Å². The zero-order valence-corrected chi connectivity index (χ0v) is 18.2. The van der Waals surface area contributed by atoms with Crippen LogP contribution in [0.1, 0.15) is 101 Å². The molecule has 156 valence electrons. The van der Waals surface area contributed by atoms with E-state index in [-0.39, 0.29) is 0 Å². The van der Waals surface area contributed by atoms with E-state index in [1.165, 1.54) is 89.0 Å². The third-order valence-corrected chi connectivity index (χ3v) is 8.82. The van der Waals surface area contributed by atoms with Crippen LogP contribution < -0.4 is 0 Å². The van der Waals surface area contributed by atoms with Gasteiger partial charge in [-0.15, -0.1) is 6.58 Å². The molecule has 4 rings (SSSR count). The van der Waals surface area contributed by atoms with E-state index in [1.54, 1.807) is 0 Å². The zero-order valence-electron chi connectivity index (χ0n) is 18.2. The van der Waals surface area contributed by atoms with Gasteiger partial charge in [0.15, 0.2) is 0 Å². The molecule has 3 fully saturated rings. The van der Waals surface area contributed by atoms with Gasteiger partial charge in [-0.1, -0.05) is 18.2 Å². The smallest absolute Gasteiger partial charge is 0.0991 e. The molecule has 0 amide bonds. The lowest BCUT2D eigenvalue weighted by Crippen LogP contribution is -2.29. The van der Waals surface area contributed by atoms with Crippen LogP contribution >= 0.6 is 0 Å².